The molecule has 0 fully saturated rings. The highest BCUT2D eigenvalue weighted by Crippen LogP contribution is 2.19. The molecule has 3 aromatic rings. The summed E-state index contributed by atoms with van der Waals surface area (Å²) in [5.74, 6) is -0.179. The number of fused-ring (bicyclic) bond motifs is 1. The average molecular weight is 269 g/mol. The topological polar surface area (TPSA) is 61.4 Å². The number of para-hydroxylation sites is 1. The molecule has 0 aliphatic rings. The van der Waals surface area contributed by atoms with Gasteiger partial charge < -0.3 is 9.15 Å². The standard InChI is InChI=1S/C15H11NO4/c1-19-11-7-8-13-12(9-11)14(17)20-15(18)16(13)10-5-3-2-4-6-10/h2-9H,1H3. The number of methoxy groups -OCH3 is 1. The maximum atomic E-state index is 12.0. The van der Waals surface area contributed by atoms with Gasteiger partial charge in [-0.05, 0) is 30.3 Å². The fourth-order valence-electron chi connectivity index (χ4n) is 2.10. The molecule has 100 valence electrons. The summed E-state index contributed by atoms with van der Waals surface area (Å²) < 4.78 is 11.2. The van der Waals surface area contributed by atoms with Crippen LogP contribution in [0.2, 0.25) is 0 Å². The molecule has 0 aliphatic carbocycles. The molecule has 0 spiro atoms. The molecule has 20 heavy (non-hydrogen) atoms. The van der Waals surface area contributed by atoms with E-state index in [2.05, 4.69) is 0 Å². The number of benzene rings is 2. The smallest absolute Gasteiger partial charge is 0.426 e. The predicted molar refractivity (Wildman–Crippen MR) is 74.6 cm³/mol. The van der Waals surface area contributed by atoms with Crippen LogP contribution in [0.25, 0.3) is 16.6 Å². The summed E-state index contributed by atoms with van der Waals surface area (Å²) in [6.45, 7) is 0. The first-order chi connectivity index (χ1) is 9.70. The second kappa shape index (κ2) is 4.70. The first-order valence-electron chi connectivity index (χ1n) is 6.00. The van der Waals surface area contributed by atoms with Crippen molar-refractivity contribution in [2.24, 2.45) is 0 Å². The molecular formula is C15H11NO4. The van der Waals surface area contributed by atoms with E-state index in [-0.39, 0.29) is 0 Å². The third-order valence-electron chi connectivity index (χ3n) is 3.04. The fourth-order valence-corrected chi connectivity index (χ4v) is 2.10. The number of ether oxygens (including phenoxy) is 1. The Balaban J connectivity index is 2.44. The van der Waals surface area contributed by atoms with Crippen LogP contribution in [0.4, 0.5) is 0 Å². The molecule has 2 aromatic carbocycles. The van der Waals surface area contributed by atoms with Gasteiger partial charge in [-0.2, -0.15) is 0 Å². The predicted octanol–water partition coefficient (Wildman–Crippen LogP) is 1.95. The van der Waals surface area contributed by atoms with Crippen LogP contribution in [0.15, 0.2) is 62.5 Å². The van der Waals surface area contributed by atoms with E-state index < -0.39 is 11.4 Å². The highest BCUT2D eigenvalue weighted by molar-refractivity contribution is 5.80. The van der Waals surface area contributed by atoms with E-state index >= 15 is 0 Å². The van der Waals surface area contributed by atoms with Crippen LogP contribution >= 0.6 is 0 Å². The van der Waals surface area contributed by atoms with Gasteiger partial charge in [-0.15, -0.1) is 0 Å². The van der Waals surface area contributed by atoms with Gasteiger partial charge in [0.15, 0.2) is 0 Å². The molecule has 0 saturated heterocycles. The minimum Gasteiger partial charge on any atom is -0.497 e. The van der Waals surface area contributed by atoms with Crippen molar-refractivity contribution in [3.05, 3.63) is 69.5 Å². The Hall–Kier alpha value is -2.82. The Kier molecular flexibility index (Phi) is 2.87. The molecule has 0 radical (unpaired) electrons. The monoisotopic (exact) mass is 269 g/mol. The number of aromatic nitrogens is 1. The first-order valence-corrected chi connectivity index (χ1v) is 6.00. The highest BCUT2D eigenvalue weighted by atomic mass is 16.5. The summed E-state index contributed by atoms with van der Waals surface area (Å²) in [5.41, 5.74) is 0.450. The quantitative estimate of drug-likeness (QED) is 0.713. The van der Waals surface area contributed by atoms with E-state index in [1.54, 1.807) is 30.3 Å². The third-order valence-corrected chi connectivity index (χ3v) is 3.04. The zero-order valence-electron chi connectivity index (χ0n) is 10.7. The zero-order valence-corrected chi connectivity index (χ0v) is 10.7. The van der Waals surface area contributed by atoms with Crippen molar-refractivity contribution in [3.63, 3.8) is 0 Å². The lowest BCUT2D eigenvalue weighted by Crippen LogP contribution is -2.23. The van der Waals surface area contributed by atoms with E-state index in [1.165, 1.54) is 11.7 Å². The largest absolute Gasteiger partial charge is 0.497 e. The van der Waals surface area contributed by atoms with Crippen LogP contribution in [0, 0.1) is 0 Å². The maximum absolute atomic E-state index is 12.0. The Labute approximate surface area is 113 Å². The van der Waals surface area contributed by atoms with Gasteiger partial charge in [0.05, 0.1) is 23.7 Å². The molecule has 5 heteroatoms. The SMILES string of the molecule is COc1ccc2c(c1)c(=O)oc(=O)n2-c1ccccc1. The second-order valence-corrected chi connectivity index (χ2v) is 4.21. The lowest BCUT2D eigenvalue weighted by molar-refractivity contribution is 0.414. The molecule has 1 heterocycles. The van der Waals surface area contributed by atoms with Gasteiger partial charge in [0, 0.05) is 0 Å². The number of hydrogen-bond donors (Lipinski definition) is 0. The van der Waals surface area contributed by atoms with Crippen LogP contribution in [0.1, 0.15) is 0 Å². The maximum Gasteiger partial charge on any atom is 0.426 e. The van der Waals surface area contributed by atoms with E-state index in [0.717, 1.165) is 0 Å². The number of hydrogen-bond acceptors (Lipinski definition) is 4. The van der Waals surface area contributed by atoms with E-state index in [9.17, 15) is 9.59 Å². The van der Waals surface area contributed by atoms with Crippen LogP contribution in [0.5, 0.6) is 5.75 Å². The molecule has 5 nitrogen and oxygen atoms in total. The van der Waals surface area contributed by atoms with Gasteiger partial charge in [0.2, 0.25) is 0 Å². The summed E-state index contributed by atoms with van der Waals surface area (Å²) in [6.07, 6.45) is 0. The molecule has 0 saturated carbocycles. The third kappa shape index (κ3) is 1.89. The van der Waals surface area contributed by atoms with Gasteiger partial charge in [0.25, 0.3) is 0 Å². The van der Waals surface area contributed by atoms with E-state index in [1.807, 2.05) is 18.2 Å². The molecule has 0 bridgehead atoms. The van der Waals surface area contributed by atoms with Crippen LogP contribution in [0.3, 0.4) is 0 Å². The lowest BCUT2D eigenvalue weighted by Gasteiger charge is -2.09. The number of rotatable bonds is 2. The summed E-state index contributed by atoms with van der Waals surface area (Å²) in [4.78, 5) is 23.8. The van der Waals surface area contributed by atoms with Crippen molar-refractivity contribution in [2.75, 3.05) is 7.11 Å². The van der Waals surface area contributed by atoms with Crippen LogP contribution < -0.4 is 16.1 Å². The zero-order chi connectivity index (χ0) is 14.1. The second-order valence-electron chi connectivity index (χ2n) is 4.21. The van der Waals surface area contributed by atoms with Crippen LogP contribution in [-0.4, -0.2) is 11.7 Å². The minimum absolute atomic E-state index is 0.299. The first kappa shape index (κ1) is 12.2. The van der Waals surface area contributed by atoms with Crippen molar-refractivity contribution < 1.29 is 9.15 Å². The van der Waals surface area contributed by atoms with Crippen molar-refractivity contribution in [1.29, 1.82) is 0 Å². The Morgan fingerprint density at radius 1 is 1.05 bits per heavy atom. The van der Waals surface area contributed by atoms with Crippen molar-refractivity contribution >= 4 is 10.9 Å². The minimum atomic E-state index is -0.709. The molecule has 0 amide bonds. The molecule has 0 atom stereocenters. The average Bonchev–Trinajstić information content (AvgIpc) is 2.48. The van der Waals surface area contributed by atoms with Gasteiger partial charge in [-0.25, -0.2) is 14.2 Å². The highest BCUT2D eigenvalue weighted by Gasteiger charge is 2.11. The molecule has 0 N–H and O–H groups in total. The Morgan fingerprint density at radius 3 is 2.50 bits per heavy atom. The molecule has 3 rings (SSSR count). The Bertz CT molecular complexity index is 878. The lowest BCUT2D eigenvalue weighted by atomic mass is 10.2. The van der Waals surface area contributed by atoms with E-state index in [4.69, 9.17) is 9.15 Å². The molecule has 0 aliphatic heterocycles. The van der Waals surface area contributed by atoms with Crippen molar-refractivity contribution in [3.8, 4) is 11.4 Å². The molecule has 1 aromatic heterocycles. The van der Waals surface area contributed by atoms with Crippen molar-refractivity contribution in [1.82, 2.24) is 4.57 Å². The summed E-state index contributed by atoms with van der Waals surface area (Å²) in [5, 5.41) is 0.299. The van der Waals surface area contributed by atoms with Gasteiger partial charge in [0.1, 0.15) is 5.75 Å². The van der Waals surface area contributed by atoms with Gasteiger partial charge in [-0.1, -0.05) is 18.2 Å². The Morgan fingerprint density at radius 2 is 1.80 bits per heavy atom. The van der Waals surface area contributed by atoms with E-state index in [0.29, 0.717) is 22.3 Å². The van der Waals surface area contributed by atoms with Crippen LogP contribution in [-0.2, 0) is 0 Å². The van der Waals surface area contributed by atoms with Crippen molar-refractivity contribution in [2.45, 2.75) is 0 Å². The normalized spacial score (nSPS) is 10.7. The summed E-state index contributed by atoms with van der Waals surface area (Å²) in [6, 6.07) is 13.9. The molecule has 0 unspecified atom stereocenters. The summed E-state index contributed by atoms with van der Waals surface area (Å²) >= 11 is 0. The number of nitrogens with zero attached hydrogens (tertiary/aromatic N) is 1. The van der Waals surface area contributed by atoms with Gasteiger partial charge >= 0.3 is 11.4 Å². The van der Waals surface area contributed by atoms with Gasteiger partial charge in [-0.3, -0.25) is 0 Å². The summed E-state index contributed by atoms with van der Waals surface area (Å²) in [7, 11) is 1.51. The molecular weight excluding hydrogens is 258 g/mol. The fraction of sp³-hybridized carbons (Fsp3) is 0.0667.